The van der Waals surface area contributed by atoms with Crippen LogP contribution in [0.5, 0.6) is 0 Å². The van der Waals surface area contributed by atoms with Crippen molar-refractivity contribution in [2.24, 2.45) is 5.73 Å². The van der Waals surface area contributed by atoms with Gasteiger partial charge < -0.3 is 11.1 Å². The highest BCUT2D eigenvalue weighted by atomic mass is 79.9. The number of nitrogens with one attached hydrogen (secondary N) is 1. The fraction of sp³-hybridized carbons (Fsp3) is 0.143. The summed E-state index contributed by atoms with van der Waals surface area (Å²) < 4.78 is 0.927. The molecule has 3 N–H and O–H groups in total. The van der Waals surface area contributed by atoms with Crippen molar-refractivity contribution >= 4 is 44.8 Å². The second kappa shape index (κ2) is 8.50. The molecule has 138 valence electrons. The highest BCUT2D eigenvalue weighted by Crippen LogP contribution is 2.37. The molecule has 27 heavy (non-hydrogen) atoms. The minimum Gasteiger partial charge on any atom is -0.369 e. The van der Waals surface area contributed by atoms with E-state index in [1.54, 1.807) is 0 Å². The lowest BCUT2D eigenvalue weighted by Crippen LogP contribution is -2.12. The molecule has 0 fully saturated rings. The lowest BCUT2D eigenvalue weighted by molar-refractivity contribution is -0.117. The van der Waals surface area contributed by atoms with Crippen molar-refractivity contribution in [2.45, 2.75) is 19.8 Å². The molecule has 1 aromatic heterocycles. The van der Waals surface area contributed by atoms with Crippen LogP contribution in [0.4, 0.5) is 5.69 Å². The Morgan fingerprint density at radius 2 is 1.74 bits per heavy atom. The van der Waals surface area contributed by atoms with E-state index < -0.39 is 0 Å². The quantitative estimate of drug-likeness (QED) is 0.562. The maximum Gasteiger partial charge on any atom is 0.255 e. The second-order valence-corrected chi connectivity index (χ2v) is 8.11. The van der Waals surface area contributed by atoms with Gasteiger partial charge in [0.15, 0.2) is 0 Å². The predicted molar refractivity (Wildman–Crippen MR) is 114 cm³/mol. The molecule has 0 aliphatic heterocycles. The number of hydrogen-bond acceptors (Lipinski definition) is 3. The van der Waals surface area contributed by atoms with Gasteiger partial charge in [0.25, 0.3) is 5.91 Å². The third-order valence-electron chi connectivity index (χ3n) is 4.12. The minimum atomic E-state index is -0.347. The molecule has 3 rings (SSSR count). The van der Waals surface area contributed by atoms with Crippen molar-refractivity contribution in [3.05, 3.63) is 75.1 Å². The van der Waals surface area contributed by atoms with Gasteiger partial charge in [0.05, 0.1) is 6.42 Å². The van der Waals surface area contributed by atoms with Crippen LogP contribution in [0.2, 0.25) is 0 Å². The van der Waals surface area contributed by atoms with E-state index in [1.807, 2.05) is 54.6 Å². The molecule has 0 spiro atoms. The number of rotatable bonds is 6. The van der Waals surface area contributed by atoms with Gasteiger partial charge in [-0.1, -0.05) is 31.2 Å². The normalized spacial score (nSPS) is 10.6. The van der Waals surface area contributed by atoms with Gasteiger partial charge >= 0.3 is 0 Å². The van der Waals surface area contributed by atoms with E-state index in [4.69, 9.17) is 5.73 Å². The van der Waals surface area contributed by atoms with Crippen molar-refractivity contribution in [3.8, 4) is 10.4 Å². The molecule has 0 radical (unpaired) electrons. The number of amides is 2. The highest BCUT2D eigenvalue weighted by molar-refractivity contribution is 9.10. The molecule has 1 heterocycles. The summed E-state index contributed by atoms with van der Waals surface area (Å²) in [6, 6.07) is 17.2. The van der Waals surface area contributed by atoms with Gasteiger partial charge in [-0.2, -0.15) is 0 Å². The molecular weight excluding hydrogens is 424 g/mol. The molecule has 0 saturated heterocycles. The first-order valence-electron chi connectivity index (χ1n) is 8.53. The standard InChI is InChI=1S/C21H19BrN2O2S/c1-2-13-3-5-15(6-4-13)21(26)24-16-9-7-14(8-10-16)20-18(22)11-17(27-20)12-19(23)25/h3-11H,2,12H2,1H3,(H2,23,25)(H,24,26). The minimum absolute atomic E-state index is 0.133. The van der Waals surface area contributed by atoms with Crippen LogP contribution in [0, 0.1) is 0 Å². The lowest BCUT2D eigenvalue weighted by atomic mass is 10.1. The number of aryl methyl sites for hydroxylation is 1. The number of anilines is 1. The average molecular weight is 443 g/mol. The molecule has 2 amide bonds. The summed E-state index contributed by atoms with van der Waals surface area (Å²) in [5, 5.41) is 2.91. The van der Waals surface area contributed by atoms with E-state index in [-0.39, 0.29) is 18.2 Å². The Kier molecular flexibility index (Phi) is 6.08. The maximum atomic E-state index is 12.4. The Morgan fingerprint density at radius 3 is 2.33 bits per heavy atom. The first kappa shape index (κ1) is 19.3. The van der Waals surface area contributed by atoms with Crippen LogP contribution in [0.15, 0.2) is 59.1 Å². The molecule has 4 nitrogen and oxygen atoms in total. The highest BCUT2D eigenvalue weighted by Gasteiger charge is 2.11. The SMILES string of the molecule is CCc1ccc(C(=O)Nc2ccc(-c3sc(CC(N)=O)cc3Br)cc2)cc1. The first-order valence-corrected chi connectivity index (χ1v) is 10.1. The number of nitrogens with two attached hydrogens (primary N) is 1. The third kappa shape index (κ3) is 4.84. The molecule has 0 aliphatic rings. The topological polar surface area (TPSA) is 72.2 Å². The fourth-order valence-electron chi connectivity index (χ4n) is 2.67. The van der Waals surface area contributed by atoms with E-state index in [9.17, 15) is 9.59 Å². The summed E-state index contributed by atoms with van der Waals surface area (Å²) in [7, 11) is 0. The van der Waals surface area contributed by atoms with Crippen molar-refractivity contribution in [2.75, 3.05) is 5.32 Å². The van der Waals surface area contributed by atoms with E-state index in [0.717, 1.165) is 31.9 Å². The average Bonchev–Trinajstić information content (AvgIpc) is 3.01. The smallest absolute Gasteiger partial charge is 0.255 e. The van der Waals surface area contributed by atoms with Crippen LogP contribution in [-0.2, 0) is 17.6 Å². The molecule has 0 unspecified atom stereocenters. The summed E-state index contributed by atoms with van der Waals surface area (Å²) in [5.74, 6) is -0.480. The van der Waals surface area contributed by atoms with Crippen molar-refractivity contribution in [3.63, 3.8) is 0 Å². The maximum absolute atomic E-state index is 12.4. The Morgan fingerprint density at radius 1 is 1.07 bits per heavy atom. The molecule has 0 bridgehead atoms. The van der Waals surface area contributed by atoms with Crippen LogP contribution in [0.1, 0.15) is 27.7 Å². The Hall–Kier alpha value is -2.44. The van der Waals surface area contributed by atoms with Gasteiger partial charge in [0.2, 0.25) is 5.91 Å². The third-order valence-corrected chi connectivity index (χ3v) is 6.19. The fourth-order valence-corrected chi connectivity index (χ4v) is 4.64. The molecule has 3 aromatic rings. The number of primary amides is 1. The van der Waals surface area contributed by atoms with E-state index in [1.165, 1.54) is 16.9 Å². The summed E-state index contributed by atoms with van der Waals surface area (Å²) in [6.07, 6.45) is 1.18. The van der Waals surface area contributed by atoms with Crippen LogP contribution in [0.25, 0.3) is 10.4 Å². The van der Waals surface area contributed by atoms with Gasteiger partial charge in [-0.15, -0.1) is 11.3 Å². The number of carbonyl (C=O) groups excluding carboxylic acids is 2. The van der Waals surface area contributed by atoms with Gasteiger partial charge in [-0.05, 0) is 63.8 Å². The second-order valence-electron chi connectivity index (χ2n) is 6.11. The molecule has 0 atom stereocenters. The zero-order chi connectivity index (χ0) is 19.4. The predicted octanol–water partition coefficient (Wildman–Crippen LogP) is 5.02. The molecule has 0 saturated carbocycles. The van der Waals surface area contributed by atoms with Crippen LogP contribution in [0.3, 0.4) is 0 Å². The van der Waals surface area contributed by atoms with E-state index >= 15 is 0 Å². The van der Waals surface area contributed by atoms with Gasteiger partial charge in [0.1, 0.15) is 0 Å². The van der Waals surface area contributed by atoms with Crippen LogP contribution in [-0.4, -0.2) is 11.8 Å². The van der Waals surface area contributed by atoms with Crippen LogP contribution >= 0.6 is 27.3 Å². The van der Waals surface area contributed by atoms with E-state index in [2.05, 4.69) is 28.2 Å². The Bertz CT molecular complexity index is 963. The van der Waals surface area contributed by atoms with Crippen molar-refractivity contribution in [1.82, 2.24) is 0 Å². The van der Waals surface area contributed by atoms with E-state index in [0.29, 0.717) is 5.56 Å². The molecular formula is C21H19BrN2O2S. The Balaban J connectivity index is 1.72. The Labute approximate surface area is 170 Å². The number of benzene rings is 2. The lowest BCUT2D eigenvalue weighted by Gasteiger charge is -2.07. The van der Waals surface area contributed by atoms with Gasteiger partial charge in [-0.25, -0.2) is 0 Å². The van der Waals surface area contributed by atoms with Crippen LogP contribution < -0.4 is 11.1 Å². The zero-order valence-corrected chi connectivity index (χ0v) is 17.2. The molecule has 6 heteroatoms. The number of carbonyl (C=O) groups is 2. The molecule has 0 aliphatic carbocycles. The van der Waals surface area contributed by atoms with Crippen molar-refractivity contribution in [1.29, 1.82) is 0 Å². The zero-order valence-electron chi connectivity index (χ0n) is 14.8. The summed E-state index contributed by atoms with van der Waals surface area (Å²) >= 11 is 5.06. The molecule has 2 aromatic carbocycles. The monoisotopic (exact) mass is 442 g/mol. The summed E-state index contributed by atoms with van der Waals surface area (Å²) in [6.45, 7) is 2.08. The summed E-state index contributed by atoms with van der Waals surface area (Å²) in [4.78, 5) is 25.4. The van der Waals surface area contributed by atoms with Crippen molar-refractivity contribution < 1.29 is 9.59 Å². The largest absolute Gasteiger partial charge is 0.369 e. The first-order chi connectivity index (χ1) is 13.0. The number of hydrogen-bond donors (Lipinski definition) is 2. The van der Waals surface area contributed by atoms with Gasteiger partial charge in [0, 0.05) is 25.5 Å². The number of thiophene rings is 1. The number of halogens is 1. The summed E-state index contributed by atoms with van der Waals surface area (Å²) in [5.41, 5.74) is 8.84. The van der Waals surface area contributed by atoms with Gasteiger partial charge in [-0.3, -0.25) is 9.59 Å².